The molecule has 3 heteroatoms. The van der Waals surface area contributed by atoms with Crippen LogP contribution in [-0.4, -0.2) is 24.1 Å². The molecule has 0 aromatic carbocycles. The van der Waals surface area contributed by atoms with E-state index in [4.69, 9.17) is 0 Å². The minimum Gasteiger partial charge on any atom is -0.419 e. The molecule has 0 aliphatic carbocycles. The normalized spacial score (nSPS) is 17.0. The first-order valence-electron chi connectivity index (χ1n) is 3.41. The third kappa shape index (κ3) is 1.50. The highest BCUT2D eigenvalue weighted by atomic mass is 16.5. The number of amides is 1. The SMILES string of the molecule is C=COC(=O)N1CCCC1. The molecule has 0 aromatic rings. The summed E-state index contributed by atoms with van der Waals surface area (Å²) >= 11 is 0. The molecule has 1 saturated heterocycles. The van der Waals surface area contributed by atoms with Gasteiger partial charge in [0.05, 0.1) is 6.26 Å². The Morgan fingerprint density at radius 2 is 2.10 bits per heavy atom. The monoisotopic (exact) mass is 141 g/mol. The predicted octanol–water partition coefficient (Wildman–Crippen LogP) is 1.36. The fraction of sp³-hybridized carbons (Fsp3) is 0.571. The van der Waals surface area contributed by atoms with Crippen molar-refractivity contribution in [2.75, 3.05) is 13.1 Å². The fourth-order valence-corrected chi connectivity index (χ4v) is 1.05. The van der Waals surface area contributed by atoms with Crippen LogP contribution in [0.3, 0.4) is 0 Å². The molecule has 0 aromatic heterocycles. The highest BCUT2D eigenvalue weighted by Gasteiger charge is 2.17. The van der Waals surface area contributed by atoms with E-state index in [1.807, 2.05) is 0 Å². The third-order valence-electron chi connectivity index (χ3n) is 1.55. The van der Waals surface area contributed by atoms with Crippen molar-refractivity contribution in [1.29, 1.82) is 0 Å². The lowest BCUT2D eigenvalue weighted by Gasteiger charge is -2.11. The maximum Gasteiger partial charge on any atom is 0.414 e. The van der Waals surface area contributed by atoms with Gasteiger partial charge in [-0.2, -0.15) is 0 Å². The van der Waals surface area contributed by atoms with Crippen LogP contribution in [0.4, 0.5) is 4.79 Å². The number of hydrogen-bond donors (Lipinski definition) is 0. The summed E-state index contributed by atoms with van der Waals surface area (Å²) in [5, 5.41) is 0. The molecule has 10 heavy (non-hydrogen) atoms. The maximum atomic E-state index is 10.9. The molecule has 56 valence electrons. The van der Waals surface area contributed by atoms with Crippen molar-refractivity contribution in [3.63, 3.8) is 0 Å². The highest BCUT2D eigenvalue weighted by Crippen LogP contribution is 2.08. The molecule has 0 saturated carbocycles. The molecule has 1 heterocycles. The first-order valence-corrected chi connectivity index (χ1v) is 3.41. The minimum absolute atomic E-state index is 0.271. The Bertz CT molecular complexity index is 139. The summed E-state index contributed by atoms with van der Waals surface area (Å²) in [4.78, 5) is 12.6. The molecule has 1 amide bonds. The van der Waals surface area contributed by atoms with Gasteiger partial charge in [0, 0.05) is 13.1 Å². The van der Waals surface area contributed by atoms with Gasteiger partial charge in [-0.3, -0.25) is 0 Å². The van der Waals surface area contributed by atoms with Crippen LogP contribution in [0, 0.1) is 0 Å². The molecule has 0 N–H and O–H groups in total. The number of rotatable bonds is 1. The van der Waals surface area contributed by atoms with Gasteiger partial charge in [-0.05, 0) is 12.8 Å². The van der Waals surface area contributed by atoms with E-state index in [9.17, 15) is 4.79 Å². The van der Waals surface area contributed by atoms with Crippen molar-refractivity contribution in [2.24, 2.45) is 0 Å². The lowest BCUT2D eigenvalue weighted by atomic mass is 10.4. The van der Waals surface area contributed by atoms with Crippen LogP contribution in [0.5, 0.6) is 0 Å². The van der Waals surface area contributed by atoms with Gasteiger partial charge in [0.25, 0.3) is 0 Å². The van der Waals surface area contributed by atoms with Crippen molar-refractivity contribution in [3.05, 3.63) is 12.8 Å². The van der Waals surface area contributed by atoms with E-state index in [1.54, 1.807) is 4.90 Å². The standard InChI is InChI=1S/C7H11NO2/c1-2-10-7(9)8-5-3-4-6-8/h2H,1,3-6H2. The summed E-state index contributed by atoms with van der Waals surface area (Å²) in [6.07, 6.45) is 3.08. The largest absolute Gasteiger partial charge is 0.419 e. The Hall–Kier alpha value is -0.990. The van der Waals surface area contributed by atoms with E-state index in [2.05, 4.69) is 11.3 Å². The Morgan fingerprint density at radius 3 is 2.60 bits per heavy atom. The van der Waals surface area contributed by atoms with Gasteiger partial charge >= 0.3 is 6.09 Å². The van der Waals surface area contributed by atoms with Crippen LogP contribution >= 0.6 is 0 Å². The van der Waals surface area contributed by atoms with E-state index >= 15 is 0 Å². The Balaban J connectivity index is 2.32. The molecule has 0 radical (unpaired) electrons. The molecular formula is C7H11NO2. The zero-order valence-electron chi connectivity index (χ0n) is 5.88. The highest BCUT2D eigenvalue weighted by molar-refractivity contribution is 5.68. The van der Waals surface area contributed by atoms with Crippen LogP contribution in [0.25, 0.3) is 0 Å². The number of carbonyl (C=O) groups is 1. The number of likely N-dealkylation sites (tertiary alicyclic amines) is 1. The third-order valence-corrected chi connectivity index (χ3v) is 1.55. The Labute approximate surface area is 60.3 Å². The second-order valence-corrected chi connectivity index (χ2v) is 2.24. The van der Waals surface area contributed by atoms with Gasteiger partial charge in [0.15, 0.2) is 0 Å². The van der Waals surface area contributed by atoms with Crippen LogP contribution in [-0.2, 0) is 4.74 Å². The van der Waals surface area contributed by atoms with E-state index in [0.717, 1.165) is 25.9 Å². The van der Waals surface area contributed by atoms with Crippen molar-refractivity contribution in [3.8, 4) is 0 Å². The lowest BCUT2D eigenvalue weighted by Crippen LogP contribution is -2.26. The molecule has 0 atom stereocenters. The van der Waals surface area contributed by atoms with Gasteiger partial charge in [-0.25, -0.2) is 4.79 Å². The van der Waals surface area contributed by atoms with Crippen molar-refractivity contribution >= 4 is 6.09 Å². The van der Waals surface area contributed by atoms with Gasteiger partial charge in [-0.1, -0.05) is 6.58 Å². The summed E-state index contributed by atoms with van der Waals surface area (Å²) in [7, 11) is 0. The molecule has 0 bridgehead atoms. The van der Waals surface area contributed by atoms with E-state index in [-0.39, 0.29) is 6.09 Å². The number of carbonyl (C=O) groups excluding carboxylic acids is 1. The predicted molar refractivity (Wildman–Crippen MR) is 37.5 cm³/mol. The number of nitrogens with zero attached hydrogens (tertiary/aromatic N) is 1. The average molecular weight is 141 g/mol. The fourth-order valence-electron chi connectivity index (χ4n) is 1.05. The van der Waals surface area contributed by atoms with Gasteiger partial charge in [0.1, 0.15) is 0 Å². The second kappa shape index (κ2) is 3.25. The minimum atomic E-state index is -0.271. The van der Waals surface area contributed by atoms with Crippen LogP contribution in [0.2, 0.25) is 0 Å². The summed E-state index contributed by atoms with van der Waals surface area (Å²) in [6, 6.07) is 0. The van der Waals surface area contributed by atoms with E-state index in [0.29, 0.717) is 0 Å². The molecule has 1 rings (SSSR count). The summed E-state index contributed by atoms with van der Waals surface area (Å²) < 4.78 is 4.58. The maximum absolute atomic E-state index is 10.9. The molecule has 1 aliphatic rings. The number of hydrogen-bond acceptors (Lipinski definition) is 2. The van der Waals surface area contributed by atoms with E-state index < -0.39 is 0 Å². The van der Waals surface area contributed by atoms with Gasteiger partial charge in [0.2, 0.25) is 0 Å². The lowest BCUT2D eigenvalue weighted by molar-refractivity contribution is 0.147. The van der Waals surface area contributed by atoms with Crippen molar-refractivity contribution in [1.82, 2.24) is 4.90 Å². The summed E-state index contributed by atoms with van der Waals surface area (Å²) in [5.74, 6) is 0. The first kappa shape index (κ1) is 7.12. The zero-order chi connectivity index (χ0) is 7.40. The van der Waals surface area contributed by atoms with Crippen LogP contribution in [0.15, 0.2) is 12.8 Å². The smallest absolute Gasteiger partial charge is 0.414 e. The summed E-state index contributed by atoms with van der Waals surface area (Å²) in [5.41, 5.74) is 0. The Morgan fingerprint density at radius 1 is 1.50 bits per heavy atom. The second-order valence-electron chi connectivity index (χ2n) is 2.24. The zero-order valence-corrected chi connectivity index (χ0v) is 5.88. The quantitative estimate of drug-likeness (QED) is 0.516. The molecule has 0 unspecified atom stereocenters. The molecule has 1 aliphatic heterocycles. The van der Waals surface area contributed by atoms with Crippen LogP contribution in [0.1, 0.15) is 12.8 Å². The number of ether oxygens (including phenoxy) is 1. The molecular weight excluding hydrogens is 130 g/mol. The first-order chi connectivity index (χ1) is 4.84. The average Bonchev–Trinajstić information content (AvgIpc) is 2.38. The van der Waals surface area contributed by atoms with Crippen molar-refractivity contribution < 1.29 is 9.53 Å². The molecule has 3 nitrogen and oxygen atoms in total. The van der Waals surface area contributed by atoms with Gasteiger partial charge < -0.3 is 9.64 Å². The van der Waals surface area contributed by atoms with Crippen molar-refractivity contribution in [2.45, 2.75) is 12.8 Å². The summed E-state index contributed by atoms with van der Waals surface area (Å²) in [6.45, 7) is 4.95. The van der Waals surface area contributed by atoms with Crippen LogP contribution < -0.4 is 0 Å². The molecule has 1 fully saturated rings. The van der Waals surface area contributed by atoms with Gasteiger partial charge in [-0.15, -0.1) is 0 Å². The molecule has 0 spiro atoms. The Kier molecular flexibility index (Phi) is 2.31. The topological polar surface area (TPSA) is 29.5 Å². The van der Waals surface area contributed by atoms with E-state index in [1.165, 1.54) is 6.26 Å².